The van der Waals surface area contributed by atoms with Gasteiger partial charge in [0.1, 0.15) is 17.7 Å². The normalized spacial score (nSPS) is 12.9. The largest absolute Gasteiger partial charge is 0.444 e. The number of para-hydroxylation sites is 1. The number of benzene rings is 2. The molecule has 36 heavy (non-hydrogen) atoms. The van der Waals surface area contributed by atoms with Crippen LogP contribution >= 0.6 is 12.6 Å². The molecule has 3 amide bonds. The van der Waals surface area contributed by atoms with Crippen LogP contribution in [0.25, 0.3) is 0 Å². The van der Waals surface area contributed by atoms with E-state index in [1.54, 1.807) is 27.7 Å². The van der Waals surface area contributed by atoms with Gasteiger partial charge in [0.15, 0.2) is 0 Å². The molecular formula is C28H39N3O4S. The SMILES string of the molecule is CCN(C(=O)C(CS)NC(=O)OC(C)(C)C)C(C(=O)Nc1c(C)cccc1C)c1ccc(C)c(C)c1. The summed E-state index contributed by atoms with van der Waals surface area (Å²) in [5.74, 6) is -0.702. The third-order valence-electron chi connectivity index (χ3n) is 5.93. The van der Waals surface area contributed by atoms with E-state index >= 15 is 0 Å². The van der Waals surface area contributed by atoms with Crippen molar-refractivity contribution in [1.82, 2.24) is 10.2 Å². The predicted molar refractivity (Wildman–Crippen MR) is 148 cm³/mol. The van der Waals surface area contributed by atoms with Gasteiger partial charge in [-0.15, -0.1) is 0 Å². The van der Waals surface area contributed by atoms with E-state index in [1.165, 1.54) is 4.90 Å². The minimum Gasteiger partial charge on any atom is -0.444 e. The molecule has 8 heteroatoms. The lowest BCUT2D eigenvalue weighted by atomic mass is 9.98. The van der Waals surface area contributed by atoms with Gasteiger partial charge in [0.25, 0.3) is 5.91 Å². The van der Waals surface area contributed by atoms with Crippen LogP contribution in [-0.4, -0.2) is 46.7 Å². The first-order chi connectivity index (χ1) is 16.8. The molecule has 2 unspecified atom stereocenters. The van der Waals surface area contributed by atoms with Crippen LogP contribution < -0.4 is 10.6 Å². The average Bonchev–Trinajstić information content (AvgIpc) is 2.78. The predicted octanol–water partition coefficient (Wildman–Crippen LogP) is 5.27. The fourth-order valence-corrected chi connectivity index (χ4v) is 4.16. The molecule has 2 atom stereocenters. The van der Waals surface area contributed by atoms with Crippen LogP contribution in [0.15, 0.2) is 36.4 Å². The van der Waals surface area contributed by atoms with Crippen LogP contribution in [0.5, 0.6) is 0 Å². The van der Waals surface area contributed by atoms with Crippen molar-refractivity contribution in [2.45, 2.75) is 73.1 Å². The highest BCUT2D eigenvalue weighted by Crippen LogP contribution is 2.28. The molecule has 196 valence electrons. The monoisotopic (exact) mass is 513 g/mol. The van der Waals surface area contributed by atoms with E-state index in [-0.39, 0.29) is 18.2 Å². The van der Waals surface area contributed by atoms with E-state index in [0.29, 0.717) is 5.56 Å². The van der Waals surface area contributed by atoms with Crippen LogP contribution in [-0.2, 0) is 14.3 Å². The topological polar surface area (TPSA) is 87.7 Å². The van der Waals surface area contributed by atoms with E-state index in [0.717, 1.165) is 27.9 Å². The summed E-state index contributed by atoms with van der Waals surface area (Å²) in [6, 6.07) is 9.64. The standard InChI is InChI=1S/C28H39N3O4S/c1-9-31(26(33)22(16-36)29-27(34)35-28(6,7)8)24(21-14-13-17(2)20(5)15-21)25(32)30-23-18(3)11-10-12-19(23)4/h10-15,22,24,36H,9,16H2,1-8H3,(H,29,34)(H,30,32). The summed E-state index contributed by atoms with van der Waals surface area (Å²) in [5.41, 5.74) is 4.64. The van der Waals surface area contributed by atoms with Crippen LogP contribution in [0.2, 0.25) is 0 Å². The number of rotatable bonds is 8. The number of amides is 3. The number of nitrogens with one attached hydrogen (secondary N) is 2. The second-order valence-corrected chi connectivity index (χ2v) is 10.4. The van der Waals surface area contributed by atoms with Crippen molar-refractivity contribution >= 4 is 36.2 Å². The Morgan fingerprint density at radius 3 is 2.08 bits per heavy atom. The van der Waals surface area contributed by atoms with Gasteiger partial charge in [-0.3, -0.25) is 9.59 Å². The molecule has 0 spiro atoms. The lowest BCUT2D eigenvalue weighted by Crippen LogP contribution is -2.53. The second-order valence-electron chi connectivity index (χ2n) is 10.0. The summed E-state index contributed by atoms with van der Waals surface area (Å²) in [5, 5.41) is 5.66. The number of anilines is 1. The number of hydrogen-bond donors (Lipinski definition) is 3. The Kier molecular flexibility index (Phi) is 9.99. The van der Waals surface area contributed by atoms with Gasteiger partial charge in [0.05, 0.1) is 0 Å². The summed E-state index contributed by atoms with van der Waals surface area (Å²) in [4.78, 5) is 41.4. The molecule has 0 aliphatic heterocycles. The number of ether oxygens (including phenoxy) is 1. The molecule has 0 aliphatic rings. The van der Waals surface area contributed by atoms with E-state index in [4.69, 9.17) is 4.74 Å². The van der Waals surface area contributed by atoms with Gasteiger partial charge in [-0.05, 0) is 83.2 Å². The zero-order valence-corrected chi connectivity index (χ0v) is 23.5. The number of alkyl carbamates (subject to hydrolysis) is 1. The van der Waals surface area contributed by atoms with E-state index in [9.17, 15) is 14.4 Å². The van der Waals surface area contributed by atoms with Gasteiger partial charge in [-0.2, -0.15) is 12.6 Å². The molecule has 2 rings (SSSR count). The third kappa shape index (κ3) is 7.50. The second kappa shape index (κ2) is 12.3. The molecule has 0 saturated heterocycles. The van der Waals surface area contributed by atoms with Gasteiger partial charge in [0, 0.05) is 18.0 Å². The van der Waals surface area contributed by atoms with Crippen molar-refractivity contribution in [3.05, 3.63) is 64.2 Å². The molecule has 2 N–H and O–H groups in total. The molecule has 0 saturated carbocycles. The molecule has 0 radical (unpaired) electrons. The Bertz CT molecular complexity index is 1090. The van der Waals surface area contributed by atoms with Crippen molar-refractivity contribution in [3.63, 3.8) is 0 Å². The number of carbonyl (C=O) groups is 3. The number of aryl methyl sites for hydroxylation is 4. The van der Waals surface area contributed by atoms with Crippen molar-refractivity contribution in [2.75, 3.05) is 17.6 Å². The molecule has 0 bridgehead atoms. The summed E-state index contributed by atoms with van der Waals surface area (Å²) in [7, 11) is 0. The molecule has 0 fully saturated rings. The highest BCUT2D eigenvalue weighted by molar-refractivity contribution is 7.80. The Hall–Kier alpha value is -3.00. The first-order valence-electron chi connectivity index (χ1n) is 12.1. The fraction of sp³-hybridized carbons (Fsp3) is 0.464. The van der Waals surface area contributed by atoms with E-state index < -0.39 is 29.7 Å². The minimum absolute atomic E-state index is 0.0484. The summed E-state index contributed by atoms with van der Waals surface area (Å²) in [6.45, 7) is 15.1. The number of hydrogen-bond acceptors (Lipinski definition) is 5. The molecule has 0 heterocycles. The average molecular weight is 514 g/mol. The van der Waals surface area contributed by atoms with Crippen LogP contribution in [0, 0.1) is 27.7 Å². The highest BCUT2D eigenvalue weighted by Gasteiger charge is 2.35. The lowest BCUT2D eigenvalue weighted by Gasteiger charge is -2.33. The Morgan fingerprint density at radius 1 is 0.972 bits per heavy atom. The number of thiol groups is 1. The molecule has 0 aromatic heterocycles. The number of carbonyl (C=O) groups excluding carboxylic acids is 3. The minimum atomic E-state index is -0.967. The smallest absolute Gasteiger partial charge is 0.408 e. The summed E-state index contributed by atoms with van der Waals surface area (Å²) >= 11 is 4.30. The zero-order valence-electron chi connectivity index (χ0n) is 22.6. The lowest BCUT2D eigenvalue weighted by molar-refractivity contribution is -0.140. The van der Waals surface area contributed by atoms with Gasteiger partial charge in [-0.25, -0.2) is 4.79 Å². The van der Waals surface area contributed by atoms with Crippen molar-refractivity contribution in [1.29, 1.82) is 0 Å². The third-order valence-corrected chi connectivity index (χ3v) is 6.30. The molecule has 2 aromatic rings. The van der Waals surface area contributed by atoms with Crippen LogP contribution in [0.4, 0.5) is 10.5 Å². The van der Waals surface area contributed by atoms with Crippen LogP contribution in [0.3, 0.4) is 0 Å². The Balaban J connectivity index is 2.47. The number of likely N-dealkylation sites (N-methyl/N-ethyl adjacent to an activating group) is 1. The maximum absolute atomic E-state index is 13.8. The van der Waals surface area contributed by atoms with Gasteiger partial charge < -0.3 is 20.3 Å². The maximum atomic E-state index is 13.8. The van der Waals surface area contributed by atoms with Gasteiger partial charge in [0.2, 0.25) is 5.91 Å². The van der Waals surface area contributed by atoms with Gasteiger partial charge in [-0.1, -0.05) is 36.4 Å². The molecule has 2 aromatic carbocycles. The summed E-state index contributed by atoms with van der Waals surface area (Å²) in [6.07, 6.45) is -0.714. The summed E-state index contributed by atoms with van der Waals surface area (Å²) < 4.78 is 5.33. The first kappa shape index (κ1) is 29.2. The van der Waals surface area contributed by atoms with Gasteiger partial charge >= 0.3 is 6.09 Å². The quantitative estimate of drug-likeness (QED) is 0.420. The molecule has 0 aliphatic carbocycles. The highest BCUT2D eigenvalue weighted by atomic mass is 32.1. The van der Waals surface area contributed by atoms with Crippen LogP contribution in [0.1, 0.15) is 61.6 Å². The Labute approximate surface area is 220 Å². The van der Waals surface area contributed by atoms with Crippen molar-refractivity contribution in [3.8, 4) is 0 Å². The zero-order chi connectivity index (χ0) is 27.2. The maximum Gasteiger partial charge on any atom is 0.408 e. The fourth-order valence-electron chi connectivity index (χ4n) is 3.91. The molecule has 7 nitrogen and oxygen atoms in total. The molecular weight excluding hydrogens is 474 g/mol. The van der Waals surface area contributed by atoms with Crippen molar-refractivity contribution < 1.29 is 19.1 Å². The van der Waals surface area contributed by atoms with E-state index in [2.05, 4.69) is 23.3 Å². The number of nitrogens with zero attached hydrogens (tertiary/aromatic N) is 1. The Morgan fingerprint density at radius 2 is 1.58 bits per heavy atom. The first-order valence-corrected chi connectivity index (χ1v) is 12.8. The van der Waals surface area contributed by atoms with E-state index in [1.807, 2.05) is 64.1 Å². The van der Waals surface area contributed by atoms with Crippen molar-refractivity contribution in [2.24, 2.45) is 0 Å².